The molecule has 0 fully saturated rings. The molecule has 0 radical (unpaired) electrons. The van der Waals surface area contributed by atoms with Gasteiger partial charge in [-0.3, -0.25) is 0 Å². The number of halogens is 1. The van der Waals surface area contributed by atoms with Crippen LogP contribution in [0.15, 0.2) is 12.7 Å². The smallest absolute Gasteiger partial charge is 0.0166 e. The van der Waals surface area contributed by atoms with Crippen molar-refractivity contribution in [3.8, 4) is 0 Å². The number of hydrogen-bond acceptors (Lipinski definition) is 0. The highest BCUT2D eigenvalue weighted by Gasteiger charge is 2.16. The Balaban J connectivity index is 3.64. The SMILES string of the molecule is C=CC(C)(C)CCCC(C)(C)I. The van der Waals surface area contributed by atoms with Gasteiger partial charge in [0.2, 0.25) is 0 Å². The molecule has 0 aromatic heterocycles. The third-order valence-electron chi connectivity index (χ3n) is 2.14. The molecular formula is C11H21I. The van der Waals surface area contributed by atoms with Crippen molar-refractivity contribution < 1.29 is 0 Å². The molecular weight excluding hydrogens is 259 g/mol. The highest BCUT2D eigenvalue weighted by atomic mass is 127. The maximum Gasteiger partial charge on any atom is 0.0166 e. The van der Waals surface area contributed by atoms with E-state index in [-0.39, 0.29) is 0 Å². The third-order valence-corrected chi connectivity index (χ3v) is 2.68. The molecule has 0 unspecified atom stereocenters. The van der Waals surface area contributed by atoms with Crippen LogP contribution in [0, 0.1) is 5.41 Å². The van der Waals surface area contributed by atoms with Gasteiger partial charge in [-0.1, -0.05) is 62.8 Å². The van der Waals surface area contributed by atoms with Gasteiger partial charge in [0, 0.05) is 3.42 Å². The van der Waals surface area contributed by atoms with Crippen molar-refractivity contribution in [2.45, 2.75) is 50.4 Å². The van der Waals surface area contributed by atoms with E-state index in [4.69, 9.17) is 0 Å². The molecule has 0 saturated heterocycles. The van der Waals surface area contributed by atoms with Crippen molar-refractivity contribution in [2.24, 2.45) is 5.41 Å². The Labute approximate surface area is 91.0 Å². The standard InChI is InChI=1S/C11H21I/c1-6-10(2,3)8-7-9-11(4,5)12/h6H,1,7-9H2,2-5H3. The van der Waals surface area contributed by atoms with Crippen molar-refractivity contribution in [1.82, 2.24) is 0 Å². The summed E-state index contributed by atoms with van der Waals surface area (Å²) in [5.41, 5.74) is 0.321. The molecule has 0 aromatic carbocycles. The summed E-state index contributed by atoms with van der Waals surface area (Å²) in [6, 6.07) is 0. The minimum absolute atomic E-state index is 0.321. The normalized spacial score (nSPS) is 13.1. The van der Waals surface area contributed by atoms with E-state index in [0.29, 0.717) is 8.84 Å². The zero-order valence-corrected chi connectivity index (χ0v) is 10.9. The fraction of sp³-hybridized carbons (Fsp3) is 0.818. The molecule has 0 heterocycles. The lowest BCUT2D eigenvalue weighted by atomic mass is 9.86. The molecule has 0 aliphatic carbocycles. The van der Waals surface area contributed by atoms with E-state index in [1.165, 1.54) is 19.3 Å². The van der Waals surface area contributed by atoms with Crippen LogP contribution < -0.4 is 0 Å². The first-order chi connectivity index (χ1) is 5.27. The lowest BCUT2D eigenvalue weighted by Crippen LogP contribution is -2.12. The summed E-state index contributed by atoms with van der Waals surface area (Å²) in [5, 5.41) is 0. The lowest BCUT2D eigenvalue weighted by Gasteiger charge is -2.22. The molecule has 0 N–H and O–H groups in total. The molecule has 0 atom stereocenters. The van der Waals surface area contributed by atoms with Crippen LogP contribution in [0.3, 0.4) is 0 Å². The van der Waals surface area contributed by atoms with Gasteiger partial charge >= 0.3 is 0 Å². The first-order valence-corrected chi connectivity index (χ1v) is 5.67. The Kier molecular flexibility index (Phi) is 4.82. The van der Waals surface area contributed by atoms with Crippen LogP contribution in [-0.4, -0.2) is 3.42 Å². The van der Waals surface area contributed by atoms with Gasteiger partial charge in [-0.15, -0.1) is 6.58 Å². The summed E-state index contributed by atoms with van der Waals surface area (Å²) in [7, 11) is 0. The third kappa shape index (κ3) is 7.14. The first-order valence-electron chi connectivity index (χ1n) is 4.59. The molecule has 1 heteroatoms. The van der Waals surface area contributed by atoms with Gasteiger partial charge < -0.3 is 0 Å². The summed E-state index contributed by atoms with van der Waals surface area (Å²) in [6.45, 7) is 12.9. The van der Waals surface area contributed by atoms with E-state index in [1.807, 2.05) is 0 Å². The summed E-state index contributed by atoms with van der Waals surface area (Å²) in [6.07, 6.45) is 5.91. The Morgan fingerprint density at radius 1 is 1.17 bits per heavy atom. The summed E-state index contributed by atoms with van der Waals surface area (Å²) in [4.78, 5) is 0. The second-order valence-corrected chi connectivity index (χ2v) is 7.69. The van der Waals surface area contributed by atoms with Gasteiger partial charge in [0.15, 0.2) is 0 Å². The van der Waals surface area contributed by atoms with Gasteiger partial charge in [-0.05, 0) is 18.3 Å². The maximum atomic E-state index is 3.85. The van der Waals surface area contributed by atoms with E-state index in [0.717, 1.165) is 0 Å². The molecule has 0 amide bonds. The van der Waals surface area contributed by atoms with Gasteiger partial charge in [-0.25, -0.2) is 0 Å². The van der Waals surface area contributed by atoms with Crippen molar-refractivity contribution in [3.05, 3.63) is 12.7 Å². The Morgan fingerprint density at radius 2 is 1.67 bits per heavy atom. The summed E-state index contributed by atoms with van der Waals surface area (Å²) >= 11 is 2.51. The van der Waals surface area contributed by atoms with E-state index < -0.39 is 0 Å². The number of alkyl halides is 1. The predicted molar refractivity (Wildman–Crippen MR) is 65.9 cm³/mol. The number of rotatable bonds is 5. The van der Waals surface area contributed by atoms with Crippen LogP contribution in [0.2, 0.25) is 0 Å². The second kappa shape index (κ2) is 4.64. The quantitative estimate of drug-likeness (QED) is 0.393. The van der Waals surface area contributed by atoms with Crippen LogP contribution in [0.25, 0.3) is 0 Å². The van der Waals surface area contributed by atoms with Gasteiger partial charge in [0.25, 0.3) is 0 Å². The monoisotopic (exact) mass is 280 g/mol. The minimum Gasteiger partial charge on any atom is -0.103 e. The predicted octanol–water partition coefficient (Wildman–Crippen LogP) is 4.58. The Hall–Kier alpha value is 0.470. The van der Waals surface area contributed by atoms with E-state index in [2.05, 4.69) is 62.9 Å². The number of allylic oxidation sites excluding steroid dienone is 1. The van der Waals surface area contributed by atoms with E-state index in [1.54, 1.807) is 0 Å². The highest BCUT2D eigenvalue weighted by Crippen LogP contribution is 2.29. The molecule has 0 spiro atoms. The Bertz CT molecular complexity index is 140. The molecule has 0 aromatic rings. The molecule has 72 valence electrons. The van der Waals surface area contributed by atoms with Crippen LogP contribution in [0.1, 0.15) is 47.0 Å². The van der Waals surface area contributed by atoms with Crippen LogP contribution in [0.4, 0.5) is 0 Å². The van der Waals surface area contributed by atoms with Gasteiger partial charge in [0.05, 0.1) is 0 Å². The molecule has 0 aliphatic heterocycles. The number of hydrogen-bond donors (Lipinski definition) is 0. The molecule has 12 heavy (non-hydrogen) atoms. The highest BCUT2D eigenvalue weighted by molar-refractivity contribution is 14.1. The summed E-state index contributed by atoms with van der Waals surface area (Å²) in [5.74, 6) is 0. The first kappa shape index (κ1) is 12.5. The van der Waals surface area contributed by atoms with Crippen LogP contribution in [-0.2, 0) is 0 Å². The molecule has 0 saturated carbocycles. The summed E-state index contributed by atoms with van der Waals surface area (Å²) < 4.78 is 0.453. The average Bonchev–Trinajstić information content (AvgIpc) is 1.84. The fourth-order valence-electron chi connectivity index (χ4n) is 1.07. The van der Waals surface area contributed by atoms with Crippen LogP contribution >= 0.6 is 22.6 Å². The topological polar surface area (TPSA) is 0 Å². The van der Waals surface area contributed by atoms with Crippen molar-refractivity contribution >= 4 is 22.6 Å². The maximum absolute atomic E-state index is 3.85. The molecule has 0 rings (SSSR count). The van der Waals surface area contributed by atoms with Crippen molar-refractivity contribution in [2.75, 3.05) is 0 Å². The van der Waals surface area contributed by atoms with E-state index in [9.17, 15) is 0 Å². The van der Waals surface area contributed by atoms with E-state index >= 15 is 0 Å². The molecule has 0 bridgehead atoms. The van der Waals surface area contributed by atoms with Crippen molar-refractivity contribution in [1.29, 1.82) is 0 Å². The molecule has 0 nitrogen and oxygen atoms in total. The van der Waals surface area contributed by atoms with Gasteiger partial charge in [-0.2, -0.15) is 0 Å². The van der Waals surface area contributed by atoms with Crippen molar-refractivity contribution in [3.63, 3.8) is 0 Å². The zero-order valence-electron chi connectivity index (χ0n) is 8.78. The average molecular weight is 280 g/mol. The minimum atomic E-state index is 0.321. The molecule has 0 aliphatic rings. The second-order valence-electron chi connectivity index (χ2n) is 4.76. The lowest BCUT2D eigenvalue weighted by molar-refractivity contribution is 0.405. The largest absolute Gasteiger partial charge is 0.103 e. The fourth-order valence-corrected chi connectivity index (χ4v) is 1.45. The Morgan fingerprint density at radius 3 is 2.00 bits per heavy atom. The van der Waals surface area contributed by atoms with Gasteiger partial charge in [0.1, 0.15) is 0 Å². The van der Waals surface area contributed by atoms with Crippen LogP contribution in [0.5, 0.6) is 0 Å². The zero-order chi connectivity index (χ0) is 9.83.